The lowest BCUT2D eigenvalue weighted by Crippen LogP contribution is -1.83. The number of terminal acetylenes is 1. The Morgan fingerprint density at radius 2 is 2.47 bits per heavy atom. The van der Waals surface area contributed by atoms with Crippen molar-refractivity contribution in [3.8, 4) is 12.3 Å². The molecular weight excluding hydrogens is 184 g/mol. The van der Waals surface area contributed by atoms with E-state index in [1.165, 1.54) is 11.1 Å². The highest BCUT2D eigenvalue weighted by Crippen LogP contribution is 2.10. The number of hydrogen-bond donors (Lipinski definition) is 0. The summed E-state index contributed by atoms with van der Waals surface area (Å²) in [5, 5.41) is 0. The Balaban J connectivity index is 2.23. The average Bonchev–Trinajstić information content (AvgIpc) is 2.71. The van der Waals surface area contributed by atoms with Gasteiger partial charge in [0.2, 0.25) is 0 Å². The van der Waals surface area contributed by atoms with Crippen molar-refractivity contribution in [3.05, 3.63) is 48.0 Å². The minimum Gasteiger partial charge on any atom is -0.472 e. The van der Waals surface area contributed by atoms with Gasteiger partial charge in [-0.2, -0.15) is 0 Å². The van der Waals surface area contributed by atoms with Crippen LogP contribution in [-0.4, -0.2) is 0 Å². The van der Waals surface area contributed by atoms with Crippen molar-refractivity contribution in [2.24, 2.45) is 0 Å². The van der Waals surface area contributed by atoms with Gasteiger partial charge in [-0.25, -0.2) is 0 Å². The van der Waals surface area contributed by atoms with Crippen LogP contribution >= 0.6 is 0 Å². The average molecular weight is 200 g/mol. The monoisotopic (exact) mass is 200 g/mol. The zero-order valence-corrected chi connectivity index (χ0v) is 9.07. The van der Waals surface area contributed by atoms with Crippen LogP contribution in [0.15, 0.2) is 46.8 Å². The van der Waals surface area contributed by atoms with E-state index in [4.69, 9.17) is 10.8 Å². The molecule has 1 aromatic heterocycles. The SMILES string of the molecule is C#C/C=C/C=C(\C)CCCc1ccoc1. The van der Waals surface area contributed by atoms with Gasteiger partial charge in [-0.1, -0.05) is 23.6 Å². The molecule has 0 aliphatic rings. The lowest BCUT2D eigenvalue weighted by atomic mass is 10.1. The first-order valence-electron chi connectivity index (χ1n) is 5.12. The molecule has 0 N–H and O–H groups in total. The van der Waals surface area contributed by atoms with E-state index < -0.39 is 0 Å². The van der Waals surface area contributed by atoms with Gasteiger partial charge in [-0.05, 0) is 43.9 Å². The Hall–Kier alpha value is -1.68. The van der Waals surface area contributed by atoms with E-state index in [0.29, 0.717) is 0 Å². The lowest BCUT2D eigenvalue weighted by Gasteiger charge is -1.98. The van der Waals surface area contributed by atoms with E-state index in [-0.39, 0.29) is 0 Å². The van der Waals surface area contributed by atoms with Crippen molar-refractivity contribution in [2.45, 2.75) is 26.2 Å². The molecule has 1 nitrogen and oxygen atoms in total. The van der Waals surface area contributed by atoms with Crippen molar-refractivity contribution < 1.29 is 4.42 Å². The van der Waals surface area contributed by atoms with Crippen LogP contribution in [-0.2, 0) is 6.42 Å². The van der Waals surface area contributed by atoms with Gasteiger partial charge in [-0.15, -0.1) is 6.42 Å². The maximum absolute atomic E-state index is 5.10. The summed E-state index contributed by atoms with van der Waals surface area (Å²) in [6.07, 6.45) is 17.6. The van der Waals surface area contributed by atoms with Gasteiger partial charge in [0.05, 0.1) is 12.5 Å². The standard InChI is InChI=1S/C14H16O/c1-3-4-5-7-13(2)8-6-9-14-10-11-15-12-14/h1,4-5,7,10-12H,6,8-9H2,2H3/b5-4+,13-7+. The molecule has 1 heteroatoms. The fourth-order valence-electron chi connectivity index (χ4n) is 1.36. The zero-order valence-electron chi connectivity index (χ0n) is 9.07. The Morgan fingerprint density at radius 1 is 1.60 bits per heavy atom. The molecule has 0 amide bonds. The van der Waals surface area contributed by atoms with Crippen LogP contribution in [0.3, 0.4) is 0 Å². The van der Waals surface area contributed by atoms with Crippen molar-refractivity contribution >= 4 is 0 Å². The van der Waals surface area contributed by atoms with Crippen LogP contribution in [0.2, 0.25) is 0 Å². The van der Waals surface area contributed by atoms with E-state index >= 15 is 0 Å². The highest BCUT2D eigenvalue weighted by Gasteiger charge is 1.94. The maximum atomic E-state index is 5.10. The minimum absolute atomic E-state index is 1.07. The molecule has 0 radical (unpaired) electrons. The van der Waals surface area contributed by atoms with Crippen LogP contribution in [0.5, 0.6) is 0 Å². The van der Waals surface area contributed by atoms with Crippen molar-refractivity contribution in [1.29, 1.82) is 0 Å². The van der Waals surface area contributed by atoms with Crippen LogP contribution in [0.25, 0.3) is 0 Å². The van der Waals surface area contributed by atoms with Crippen LogP contribution < -0.4 is 0 Å². The quantitative estimate of drug-likeness (QED) is 0.521. The second-order valence-electron chi connectivity index (χ2n) is 3.52. The molecule has 0 fully saturated rings. The topological polar surface area (TPSA) is 13.1 Å². The number of hydrogen-bond acceptors (Lipinski definition) is 1. The molecule has 0 saturated carbocycles. The van der Waals surface area contributed by atoms with Gasteiger partial charge >= 0.3 is 0 Å². The van der Waals surface area contributed by atoms with Gasteiger partial charge < -0.3 is 4.42 Å². The third-order valence-electron chi connectivity index (χ3n) is 2.19. The molecule has 15 heavy (non-hydrogen) atoms. The van der Waals surface area contributed by atoms with Gasteiger partial charge in [0, 0.05) is 0 Å². The van der Waals surface area contributed by atoms with Crippen LogP contribution in [0, 0.1) is 12.3 Å². The number of furan rings is 1. The molecule has 1 rings (SSSR count). The van der Waals surface area contributed by atoms with Crippen molar-refractivity contribution in [3.63, 3.8) is 0 Å². The first-order chi connectivity index (χ1) is 7.33. The summed E-state index contributed by atoms with van der Waals surface area (Å²) in [5.41, 5.74) is 2.62. The van der Waals surface area contributed by atoms with Gasteiger partial charge in [0.25, 0.3) is 0 Å². The summed E-state index contributed by atoms with van der Waals surface area (Å²) in [4.78, 5) is 0. The molecule has 0 aliphatic heterocycles. The summed E-state index contributed by atoms with van der Waals surface area (Å²) in [7, 11) is 0. The molecule has 0 aliphatic carbocycles. The summed E-state index contributed by atoms with van der Waals surface area (Å²) in [5.74, 6) is 2.46. The Kier molecular flexibility index (Phi) is 5.11. The molecule has 1 aromatic rings. The molecule has 0 aromatic carbocycles. The van der Waals surface area contributed by atoms with Crippen LogP contribution in [0.1, 0.15) is 25.3 Å². The normalized spacial score (nSPS) is 11.9. The fraction of sp³-hybridized carbons (Fsp3) is 0.286. The third-order valence-corrected chi connectivity index (χ3v) is 2.19. The molecular formula is C14H16O. The Labute approximate surface area is 91.5 Å². The highest BCUT2D eigenvalue weighted by atomic mass is 16.3. The predicted molar refractivity (Wildman–Crippen MR) is 63.4 cm³/mol. The highest BCUT2D eigenvalue weighted by molar-refractivity contribution is 5.18. The van der Waals surface area contributed by atoms with E-state index in [9.17, 15) is 0 Å². The van der Waals surface area contributed by atoms with Crippen molar-refractivity contribution in [2.75, 3.05) is 0 Å². The van der Waals surface area contributed by atoms with Gasteiger partial charge in [0.1, 0.15) is 0 Å². The first-order valence-corrected chi connectivity index (χ1v) is 5.12. The second-order valence-corrected chi connectivity index (χ2v) is 3.52. The first kappa shape index (κ1) is 11.4. The summed E-state index contributed by atoms with van der Waals surface area (Å²) in [6.45, 7) is 2.12. The molecule has 0 atom stereocenters. The fourth-order valence-corrected chi connectivity index (χ4v) is 1.36. The third kappa shape index (κ3) is 4.93. The number of rotatable bonds is 5. The van der Waals surface area contributed by atoms with E-state index in [2.05, 4.69) is 18.9 Å². The Morgan fingerprint density at radius 3 is 3.13 bits per heavy atom. The minimum atomic E-state index is 1.07. The maximum Gasteiger partial charge on any atom is 0.0934 e. The smallest absolute Gasteiger partial charge is 0.0934 e. The second kappa shape index (κ2) is 6.73. The summed E-state index contributed by atoms with van der Waals surface area (Å²) < 4.78 is 5.00. The van der Waals surface area contributed by atoms with E-state index in [1.54, 1.807) is 18.6 Å². The van der Waals surface area contributed by atoms with Gasteiger partial charge in [0.15, 0.2) is 0 Å². The van der Waals surface area contributed by atoms with Crippen LogP contribution in [0.4, 0.5) is 0 Å². The largest absolute Gasteiger partial charge is 0.472 e. The number of allylic oxidation sites excluding steroid dienone is 4. The Bertz CT molecular complexity index is 361. The van der Waals surface area contributed by atoms with E-state index in [1.807, 2.05) is 12.1 Å². The lowest BCUT2D eigenvalue weighted by molar-refractivity contribution is 0.563. The molecule has 0 unspecified atom stereocenters. The molecule has 0 saturated heterocycles. The molecule has 1 heterocycles. The molecule has 78 valence electrons. The van der Waals surface area contributed by atoms with E-state index in [0.717, 1.165) is 19.3 Å². The predicted octanol–water partition coefficient (Wildman–Crippen LogP) is 3.74. The summed E-state index contributed by atoms with van der Waals surface area (Å²) in [6, 6.07) is 2.01. The molecule has 0 bridgehead atoms. The van der Waals surface area contributed by atoms with Crippen molar-refractivity contribution in [1.82, 2.24) is 0 Å². The zero-order chi connectivity index (χ0) is 10.9. The molecule has 0 spiro atoms. The number of aryl methyl sites for hydroxylation is 1. The van der Waals surface area contributed by atoms with Gasteiger partial charge in [-0.3, -0.25) is 0 Å². The summed E-state index contributed by atoms with van der Waals surface area (Å²) >= 11 is 0.